The molecule has 1 N–H and O–H groups in total. The number of hydrogen-bond acceptors (Lipinski definition) is 7. The van der Waals surface area contributed by atoms with Gasteiger partial charge in [-0.1, -0.05) is 12.1 Å². The molecule has 0 amide bonds. The van der Waals surface area contributed by atoms with E-state index >= 15 is 0 Å². The Morgan fingerprint density at radius 1 is 1.30 bits per heavy atom. The molecule has 2 saturated heterocycles. The lowest BCUT2D eigenvalue weighted by Gasteiger charge is -2.57. The van der Waals surface area contributed by atoms with Crippen LogP contribution in [0.25, 0.3) is 0 Å². The van der Waals surface area contributed by atoms with Crippen LogP contribution in [0.2, 0.25) is 0 Å². The van der Waals surface area contributed by atoms with Crippen molar-refractivity contribution in [2.45, 2.75) is 62.1 Å². The van der Waals surface area contributed by atoms with Gasteiger partial charge in [-0.3, -0.25) is 14.4 Å². The lowest BCUT2D eigenvalue weighted by atomic mass is 9.46. The molecule has 7 nitrogen and oxygen atoms in total. The van der Waals surface area contributed by atoms with Gasteiger partial charge >= 0.3 is 0 Å². The van der Waals surface area contributed by atoms with E-state index in [1.54, 1.807) is 25.1 Å². The molecule has 156 valence electrons. The van der Waals surface area contributed by atoms with Crippen LogP contribution in [0.1, 0.15) is 44.0 Å². The Hall–Kier alpha value is -2.51. The van der Waals surface area contributed by atoms with Crippen LogP contribution in [-0.4, -0.2) is 51.5 Å². The molecule has 0 radical (unpaired) electrons. The van der Waals surface area contributed by atoms with Crippen molar-refractivity contribution in [1.82, 2.24) is 0 Å². The van der Waals surface area contributed by atoms with Crippen LogP contribution in [0, 0.1) is 11.8 Å². The molecule has 3 saturated carbocycles. The van der Waals surface area contributed by atoms with Gasteiger partial charge in [0.15, 0.2) is 17.0 Å². The molecule has 3 heterocycles. The van der Waals surface area contributed by atoms with Crippen molar-refractivity contribution in [3.05, 3.63) is 35.4 Å². The predicted molar refractivity (Wildman–Crippen MR) is 102 cm³/mol. The molecular formula is C23H22O7. The lowest BCUT2D eigenvalue weighted by molar-refractivity contribution is -0.191. The molecule has 2 spiro atoms. The lowest BCUT2D eigenvalue weighted by Crippen LogP contribution is -2.80. The fourth-order valence-corrected chi connectivity index (χ4v) is 6.78. The van der Waals surface area contributed by atoms with E-state index in [2.05, 4.69) is 0 Å². The second kappa shape index (κ2) is 5.03. The maximum atomic E-state index is 13.8. The second-order valence-corrected chi connectivity index (χ2v) is 9.65. The van der Waals surface area contributed by atoms with Gasteiger partial charge in [-0.2, -0.15) is 0 Å². The second-order valence-electron chi connectivity index (χ2n) is 9.65. The molecule has 7 rings (SSSR count). The summed E-state index contributed by atoms with van der Waals surface area (Å²) in [6, 6.07) is 4.68. The molecule has 3 aliphatic carbocycles. The summed E-state index contributed by atoms with van der Waals surface area (Å²) >= 11 is 0. The number of ether oxygens (including phenoxy) is 3. The van der Waals surface area contributed by atoms with Crippen molar-refractivity contribution in [1.29, 1.82) is 0 Å². The first-order valence-electron chi connectivity index (χ1n) is 10.3. The monoisotopic (exact) mass is 410 g/mol. The predicted octanol–water partition coefficient (Wildman–Crippen LogP) is 2.15. The third-order valence-corrected chi connectivity index (χ3v) is 7.90. The van der Waals surface area contributed by atoms with Crippen LogP contribution in [0.5, 0.6) is 11.5 Å². The zero-order valence-corrected chi connectivity index (χ0v) is 16.9. The summed E-state index contributed by atoms with van der Waals surface area (Å²) in [5.41, 5.74) is -4.33. The fourth-order valence-electron chi connectivity index (χ4n) is 6.78. The van der Waals surface area contributed by atoms with Crippen LogP contribution in [0.15, 0.2) is 29.8 Å². The summed E-state index contributed by atoms with van der Waals surface area (Å²) in [7, 11) is 0. The van der Waals surface area contributed by atoms with E-state index in [9.17, 15) is 19.5 Å². The van der Waals surface area contributed by atoms with E-state index in [0.717, 1.165) is 6.29 Å². The fraction of sp³-hybridized carbons (Fsp3) is 0.522. The van der Waals surface area contributed by atoms with Gasteiger partial charge in [0.25, 0.3) is 0 Å². The highest BCUT2D eigenvalue weighted by Crippen LogP contribution is 2.77. The smallest absolute Gasteiger partial charge is 0.209 e. The number of carbonyl (C=O) groups excluding carboxylic acids is 3. The molecule has 0 aromatic heterocycles. The molecule has 1 aromatic carbocycles. The molecule has 4 bridgehead atoms. The average Bonchev–Trinajstić information content (AvgIpc) is 3.43. The largest absolute Gasteiger partial charge is 0.507 e. The molecule has 30 heavy (non-hydrogen) atoms. The number of aromatic hydroxyl groups is 1. The number of rotatable bonds is 3. The summed E-state index contributed by atoms with van der Waals surface area (Å²) in [6.07, 6.45) is 2.45. The van der Waals surface area contributed by atoms with E-state index in [4.69, 9.17) is 14.2 Å². The number of aldehydes is 1. The molecule has 5 fully saturated rings. The highest BCUT2D eigenvalue weighted by molar-refractivity contribution is 6.15. The van der Waals surface area contributed by atoms with E-state index in [1.807, 2.05) is 13.8 Å². The normalized spacial score (nSPS) is 44.1. The Balaban J connectivity index is 1.65. The zero-order valence-electron chi connectivity index (χ0n) is 16.9. The van der Waals surface area contributed by atoms with Crippen LogP contribution in [0.4, 0.5) is 0 Å². The Labute approximate surface area is 173 Å². The van der Waals surface area contributed by atoms with Crippen molar-refractivity contribution < 1.29 is 33.7 Å². The van der Waals surface area contributed by atoms with Gasteiger partial charge < -0.3 is 19.3 Å². The van der Waals surface area contributed by atoms with Crippen molar-refractivity contribution in [3.63, 3.8) is 0 Å². The number of fused-ring (bicyclic) bond motifs is 1. The number of phenols is 1. The van der Waals surface area contributed by atoms with Crippen molar-refractivity contribution in [2.24, 2.45) is 11.8 Å². The number of ketones is 2. The topological polar surface area (TPSA) is 102 Å². The summed E-state index contributed by atoms with van der Waals surface area (Å²) in [6.45, 7) is 5.49. The minimum absolute atomic E-state index is 0.0950. The summed E-state index contributed by atoms with van der Waals surface area (Å²) in [5, 5.41) is 10.4. The number of phenolic OH excluding ortho intramolecular Hbond substituents is 1. The Morgan fingerprint density at radius 3 is 2.80 bits per heavy atom. The minimum atomic E-state index is -1.44. The molecular weight excluding hydrogens is 388 g/mol. The van der Waals surface area contributed by atoms with Gasteiger partial charge in [-0.15, -0.1) is 0 Å². The van der Waals surface area contributed by atoms with Crippen molar-refractivity contribution >= 4 is 17.9 Å². The molecule has 1 aromatic rings. The average molecular weight is 410 g/mol. The quantitative estimate of drug-likeness (QED) is 0.463. The maximum Gasteiger partial charge on any atom is 0.209 e. The van der Waals surface area contributed by atoms with Gasteiger partial charge in [0.2, 0.25) is 11.4 Å². The first kappa shape index (κ1) is 18.3. The van der Waals surface area contributed by atoms with Gasteiger partial charge in [0.05, 0.1) is 11.5 Å². The number of epoxide rings is 1. The number of carbonyl (C=O) groups is 3. The van der Waals surface area contributed by atoms with Gasteiger partial charge in [0.1, 0.15) is 29.5 Å². The van der Waals surface area contributed by atoms with E-state index < -0.39 is 34.4 Å². The minimum Gasteiger partial charge on any atom is -0.507 e. The van der Waals surface area contributed by atoms with E-state index in [0.29, 0.717) is 12.0 Å². The number of allylic oxidation sites excluding steroid dienone is 1. The van der Waals surface area contributed by atoms with Gasteiger partial charge in [0, 0.05) is 12.3 Å². The zero-order chi connectivity index (χ0) is 21.3. The number of benzene rings is 1. The van der Waals surface area contributed by atoms with Crippen LogP contribution < -0.4 is 4.74 Å². The van der Waals surface area contributed by atoms with Crippen LogP contribution >= 0.6 is 0 Å². The summed E-state index contributed by atoms with van der Waals surface area (Å²) < 4.78 is 19.2. The third kappa shape index (κ3) is 1.61. The van der Waals surface area contributed by atoms with Gasteiger partial charge in [-0.05, 0) is 44.9 Å². The first-order chi connectivity index (χ1) is 14.2. The van der Waals surface area contributed by atoms with Crippen LogP contribution in [-0.2, 0) is 19.1 Å². The Bertz CT molecular complexity index is 1090. The standard InChI is InChI=1S/C23H22O7/c1-11(10-24)7-8-21-17(26)12-9-15(20(2,3)30-21)23(21)22(19(12)29-22)18(27)16-13(25)5-4-6-14(16)28-23/h4-7,10,12,15,19,25H,8-9H2,1-3H3/b11-7-/t12-,15+,19?,21+,22?,23-/m1/s1. The molecule has 6 aliphatic rings. The molecule has 6 atom stereocenters. The number of Topliss-reactive ketones (excluding diaryl/α,β-unsaturated/α-hetero) is 2. The summed E-state index contributed by atoms with van der Waals surface area (Å²) in [5.74, 6) is -1.16. The van der Waals surface area contributed by atoms with Crippen LogP contribution in [0.3, 0.4) is 0 Å². The Morgan fingerprint density at radius 2 is 2.07 bits per heavy atom. The van der Waals surface area contributed by atoms with E-state index in [-0.39, 0.29) is 41.0 Å². The summed E-state index contributed by atoms with van der Waals surface area (Å²) in [4.78, 5) is 38.8. The molecule has 2 unspecified atom stereocenters. The highest BCUT2D eigenvalue weighted by atomic mass is 16.7. The first-order valence-corrected chi connectivity index (χ1v) is 10.3. The van der Waals surface area contributed by atoms with Crippen molar-refractivity contribution in [2.75, 3.05) is 0 Å². The number of hydrogen-bond donors (Lipinski definition) is 1. The maximum absolute atomic E-state index is 13.8. The van der Waals surface area contributed by atoms with Crippen molar-refractivity contribution in [3.8, 4) is 11.5 Å². The SMILES string of the molecule is C/C(C=O)=C/C[C@]12OC(C)(C)[C@@H]3C[C@H](C1=O)C1OC14C(=O)c1c(O)cccc1O[C@@]342. The molecule has 7 heteroatoms. The highest BCUT2D eigenvalue weighted by Gasteiger charge is 2.97. The Kier molecular flexibility index (Phi) is 3.06. The molecule has 3 aliphatic heterocycles. The van der Waals surface area contributed by atoms with Gasteiger partial charge in [-0.25, -0.2) is 0 Å². The van der Waals surface area contributed by atoms with E-state index in [1.165, 1.54) is 6.07 Å². The third-order valence-electron chi connectivity index (χ3n) is 7.90.